The van der Waals surface area contributed by atoms with Gasteiger partial charge in [0.05, 0.1) is 21.7 Å². The van der Waals surface area contributed by atoms with E-state index in [0.29, 0.717) is 17.2 Å². The number of nitro benzene ring substituents is 1. The molecular weight excluding hydrogens is 412 g/mol. The van der Waals surface area contributed by atoms with E-state index in [2.05, 4.69) is 9.97 Å². The highest BCUT2D eigenvalue weighted by atomic mass is 32.1. The monoisotopic (exact) mass is 430 g/mol. The summed E-state index contributed by atoms with van der Waals surface area (Å²) in [5.74, 6) is -0.272. The van der Waals surface area contributed by atoms with E-state index in [9.17, 15) is 14.9 Å². The molecule has 0 aliphatic carbocycles. The summed E-state index contributed by atoms with van der Waals surface area (Å²) in [5.41, 5.74) is 3.37. The molecule has 0 atom stereocenters. The van der Waals surface area contributed by atoms with Gasteiger partial charge in [0, 0.05) is 30.6 Å². The summed E-state index contributed by atoms with van der Waals surface area (Å²) in [4.78, 5) is 34.0. The summed E-state index contributed by atoms with van der Waals surface area (Å²) in [6, 6.07) is 15.8. The summed E-state index contributed by atoms with van der Waals surface area (Å²) in [6.45, 7) is 2.32. The van der Waals surface area contributed by atoms with Gasteiger partial charge in [-0.25, -0.2) is 4.98 Å². The van der Waals surface area contributed by atoms with Crippen LogP contribution in [0.25, 0.3) is 16.3 Å². The molecule has 4 rings (SSSR count). The molecule has 8 heteroatoms. The van der Waals surface area contributed by atoms with Crippen LogP contribution in [0.15, 0.2) is 73.1 Å². The zero-order chi connectivity index (χ0) is 21.8. The third-order valence-electron chi connectivity index (χ3n) is 4.59. The topological polar surface area (TPSA) is 89.2 Å². The van der Waals surface area contributed by atoms with Crippen LogP contribution in [0.2, 0.25) is 0 Å². The van der Waals surface area contributed by atoms with E-state index in [4.69, 9.17) is 0 Å². The molecule has 0 spiro atoms. The maximum atomic E-state index is 13.1. The fourth-order valence-electron chi connectivity index (χ4n) is 3.05. The van der Waals surface area contributed by atoms with Crippen molar-refractivity contribution >= 4 is 44.4 Å². The fraction of sp³-hybridized carbons (Fsp3) is 0.0870. The molecule has 2 aromatic heterocycles. The Labute approximate surface area is 182 Å². The van der Waals surface area contributed by atoms with Crippen LogP contribution in [0.5, 0.6) is 0 Å². The number of anilines is 1. The highest BCUT2D eigenvalue weighted by Crippen LogP contribution is 2.30. The number of carbonyl (C=O) groups is 1. The number of non-ortho nitro benzene ring substituents is 1. The van der Waals surface area contributed by atoms with Crippen molar-refractivity contribution in [3.8, 4) is 0 Å². The van der Waals surface area contributed by atoms with Gasteiger partial charge in [0.15, 0.2) is 5.13 Å². The molecule has 0 bridgehead atoms. The number of benzene rings is 2. The number of aromatic nitrogens is 2. The lowest BCUT2D eigenvalue weighted by molar-refractivity contribution is -0.384. The highest BCUT2D eigenvalue weighted by molar-refractivity contribution is 7.22. The molecule has 0 saturated carbocycles. The summed E-state index contributed by atoms with van der Waals surface area (Å²) < 4.78 is 1.00. The molecule has 0 aliphatic rings. The Morgan fingerprint density at radius 1 is 1.19 bits per heavy atom. The first-order chi connectivity index (χ1) is 15.0. The second kappa shape index (κ2) is 8.85. The maximum Gasteiger partial charge on any atom is 0.270 e. The zero-order valence-corrected chi connectivity index (χ0v) is 17.5. The molecule has 0 unspecified atom stereocenters. The van der Waals surface area contributed by atoms with Crippen LogP contribution in [0, 0.1) is 17.0 Å². The van der Waals surface area contributed by atoms with Crippen molar-refractivity contribution in [1.29, 1.82) is 0 Å². The number of thiazole rings is 1. The smallest absolute Gasteiger partial charge is 0.270 e. The maximum absolute atomic E-state index is 13.1. The number of carbonyl (C=O) groups excluding carboxylic acids is 1. The van der Waals surface area contributed by atoms with Crippen molar-refractivity contribution in [2.45, 2.75) is 13.5 Å². The molecule has 0 radical (unpaired) electrons. The van der Waals surface area contributed by atoms with Gasteiger partial charge in [0.2, 0.25) is 0 Å². The van der Waals surface area contributed by atoms with Gasteiger partial charge < -0.3 is 0 Å². The molecule has 0 N–H and O–H groups in total. The molecule has 2 aromatic carbocycles. The molecule has 1 amide bonds. The Morgan fingerprint density at radius 2 is 2.06 bits per heavy atom. The SMILES string of the molecule is Cc1ccc2nc(N(Cc3cccnc3)C(=O)C=Cc3cccc([N+](=O)[O-])c3)sc2c1. The van der Waals surface area contributed by atoms with E-state index in [1.807, 2.05) is 37.3 Å². The molecule has 0 aliphatic heterocycles. The lowest BCUT2D eigenvalue weighted by atomic mass is 10.2. The minimum absolute atomic E-state index is 0.0247. The number of aryl methyl sites for hydroxylation is 1. The van der Waals surface area contributed by atoms with E-state index in [1.165, 1.54) is 29.5 Å². The Kier molecular flexibility index (Phi) is 5.81. The zero-order valence-electron chi connectivity index (χ0n) is 16.6. The molecular formula is C23H18N4O3S. The Hall–Kier alpha value is -3.91. The van der Waals surface area contributed by atoms with Crippen molar-refractivity contribution in [2.24, 2.45) is 0 Å². The number of nitrogens with zero attached hydrogens (tertiary/aromatic N) is 4. The first-order valence-corrected chi connectivity index (χ1v) is 10.3. The van der Waals surface area contributed by atoms with Crippen LogP contribution < -0.4 is 4.90 Å². The highest BCUT2D eigenvalue weighted by Gasteiger charge is 2.19. The number of nitro groups is 1. The molecule has 4 aromatic rings. The lowest BCUT2D eigenvalue weighted by Gasteiger charge is -2.18. The molecule has 2 heterocycles. The normalized spacial score (nSPS) is 11.1. The average Bonchev–Trinajstić information content (AvgIpc) is 3.19. The molecule has 7 nitrogen and oxygen atoms in total. The first-order valence-electron chi connectivity index (χ1n) is 9.50. The summed E-state index contributed by atoms with van der Waals surface area (Å²) in [5, 5.41) is 11.6. The number of amides is 1. The van der Waals surface area contributed by atoms with E-state index >= 15 is 0 Å². The molecule has 0 saturated heterocycles. The summed E-state index contributed by atoms with van der Waals surface area (Å²) in [6.07, 6.45) is 6.37. The predicted octanol–water partition coefficient (Wildman–Crippen LogP) is 5.15. The van der Waals surface area contributed by atoms with Gasteiger partial charge in [-0.15, -0.1) is 0 Å². The van der Waals surface area contributed by atoms with Crippen LogP contribution in [0.3, 0.4) is 0 Å². The Bertz CT molecular complexity index is 1280. The Balaban J connectivity index is 1.66. The molecule has 31 heavy (non-hydrogen) atoms. The predicted molar refractivity (Wildman–Crippen MR) is 122 cm³/mol. The minimum Gasteiger partial charge on any atom is -0.280 e. The summed E-state index contributed by atoms with van der Waals surface area (Å²) in [7, 11) is 0. The van der Waals surface area contributed by atoms with Crippen molar-refractivity contribution < 1.29 is 9.72 Å². The van der Waals surface area contributed by atoms with E-state index < -0.39 is 4.92 Å². The van der Waals surface area contributed by atoms with Gasteiger partial charge in [-0.1, -0.05) is 35.6 Å². The minimum atomic E-state index is -0.461. The van der Waals surface area contributed by atoms with Gasteiger partial charge in [-0.3, -0.25) is 24.8 Å². The van der Waals surface area contributed by atoms with Gasteiger partial charge in [-0.2, -0.15) is 0 Å². The van der Waals surface area contributed by atoms with Crippen molar-refractivity contribution in [1.82, 2.24) is 9.97 Å². The second-order valence-corrected chi connectivity index (χ2v) is 7.95. The number of fused-ring (bicyclic) bond motifs is 1. The van der Waals surface area contributed by atoms with Crippen molar-refractivity contribution in [2.75, 3.05) is 4.90 Å². The van der Waals surface area contributed by atoms with Crippen molar-refractivity contribution in [3.63, 3.8) is 0 Å². The quantitative estimate of drug-likeness (QED) is 0.240. The van der Waals surface area contributed by atoms with Crippen LogP contribution in [0.4, 0.5) is 10.8 Å². The fourth-order valence-corrected chi connectivity index (χ4v) is 4.12. The van der Waals surface area contributed by atoms with Crippen LogP contribution >= 0.6 is 11.3 Å². The van der Waals surface area contributed by atoms with E-state index in [0.717, 1.165) is 21.3 Å². The van der Waals surface area contributed by atoms with E-state index in [1.54, 1.807) is 35.5 Å². The number of hydrogen-bond acceptors (Lipinski definition) is 6. The van der Waals surface area contributed by atoms with Gasteiger partial charge in [0.25, 0.3) is 11.6 Å². The lowest BCUT2D eigenvalue weighted by Crippen LogP contribution is -2.28. The van der Waals surface area contributed by atoms with Crippen LogP contribution in [-0.4, -0.2) is 20.8 Å². The Morgan fingerprint density at radius 3 is 2.84 bits per heavy atom. The number of pyridine rings is 1. The third kappa shape index (κ3) is 4.81. The molecule has 0 fully saturated rings. The van der Waals surface area contributed by atoms with Gasteiger partial charge in [-0.05, 0) is 47.9 Å². The van der Waals surface area contributed by atoms with Gasteiger partial charge in [0.1, 0.15) is 0 Å². The standard InChI is InChI=1S/C23H18N4O3S/c1-16-7-9-20-21(12-16)31-23(25-20)26(15-18-5-3-11-24-14-18)22(28)10-8-17-4-2-6-19(13-17)27(29)30/h2-14H,15H2,1H3. The third-order valence-corrected chi connectivity index (χ3v) is 5.63. The van der Waals surface area contributed by atoms with Gasteiger partial charge >= 0.3 is 0 Å². The van der Waals surface area contributed by atoms with E-state index in [-0.39, 0.29) is 11.6 Å². The molecule has 154 valence electrons. The van der Waals surface area contributed by atoms with Crippen molar-refractivity contribution in [3.05, 3.63) is 99.9 Å². The average molecular weight is 430 g/mol. The van der Waals surface area contributed by atoms with Crippen LogP contribution in [-0.2, 0) is 11.3 Å². The van der Waals surface area contributed by atoms with Crippen LogP contribution in [0.1, 0.15) is 16.7 Å². The number of hydrogen-bond donors (Lipinski definition) is 0. The first kappa shape index (κ1) is 20.4. The summed E-state index contributed by atoms with van der Waals surface area (Å²) >= 11 is 1.45. The second-order valence-electron chi connectivity index (χ2n) is 6.94. The number of rotatable bonds is 6. The largest absolute Gasteiger partial charge is 0.280 e.